The van der Waals surface area contributed by atoms with Crippen LogP contribution in [0.15, 0.2) is 41.8 Å². The number of carbonyl (C=O) groups excluding carboxylic acids is 1. The maximum atomic E-state index is 12.8. The van der Waals surface area contributed by atoms with E-state index in [9.17, 15) is 13.2 Å². The van der Waals surface area contributed by atoms with E-state index >= 15 is 0 Å². The van der Waals surface area contributed by atoms with Gasteiger partial charge in [-0.05, 0) is 31.2 Å². The molecule has 0 aliphatic heterocycles. The van der Waals surface area contributed by atoms with Gasteiger partial charge in [-0.2, -0.15) is 5.10 Å². The number of carbonyl (C=O) groups is 1. The largest absolute Gasteiger partial charge is 0.326 e. The Kier molecular flexibility index (Phi) is 4.95. The molecule has 27 heavy (non-hydrogen) atoms. The highest BCUT2D eigenvalue weighted by molar-refractivity contribution is 7.92. The first-order valence-corrected chi connectivity index (χ1v) is 9.61. The summed E-state index contributed by atoms with van der Waals surface area (Å²) in [4.78, 5) is 11.5. The van der Waals surface area contributed by atoms with Crippen molar-refractivity contribution in [2.45, 2.75) is 25.2 Å². The third-order valence-electron chi connectivity index (χ3n) is 3.98. The van der Waals surface area contributed by atoms with Crippen molar-refractivity contribution in [1.29, 1.82) is 0 Å². The molecule has 0 fully saturated rings. The van der Waals surface area contributed by atoms with Gasteiger partial charge < -0.3 is 5.32 Å². The van der Waals surface area contributed by atoms with Crippen LogP contribution in [0.25, 0.3) is 5.82 Å². The van der Waals surface area contributed by atoms with E-state index in [4.69, 9.17) is 0 Å². The van der Waals surface area contributed by atoms with Crippen LogP contribution in [0.4, 0.5) is 11.4 Å². The smallest absolute Gasteiger partial charge is 0.262 e. The number of benzene rings is 1. The van der Waals surface area contributed by atoms with E-state index < -0.39 is 10.0 Å². The number of hydrogen-bond donors (Lipinski definition) is 2. The zero-order valence-corrected chi connectivity index (χ0v) is 15.9. The van der Waals surface area contributed by atoms with Crippen molar-refractivity contribution in [2.24, 2.45) is 7.05 Å². The maximum Gasteiger partial charge on any atom is 0.262 e. The number of nitrogens with one attached hydrogen (secondary N) is 2. The first kappa shape index (κ1) is 18.6. The van der Waals surface area contributed by atoms with E-state index in [0.717, 1.165) is 0 Å². The summed E-state index contributed by atoms with van der Waals surface area (Å²) in [5, 5.41) is 14.4. The number of aryl methyl sites for hydroxylation is 1. The summed E-state index contributed by atoms with van der Waals surface area (Å²) in [6.45, 7) is 3.49. The summed E-state index contributed by atoms with van der Waals surface area (Å²) in [7, 11) is -2.14. The Bertz CT molecular complexity index is 1050. The van der Waals surface area contributed by atoms with Gasteiger partial charge in [0.25, 0.3) is 10.0 Å². The summed E-state index contributed by atoms with van der Waals surface area (Å²) in [5.41, 5.74) is 1.50. The van der Waals surface area contributed by atoms with Crippen LogP contribution in [0.5, 0.6) is 0 Å². The lowest BCUT2D eigenvalue weighted by atomic mass is 10.3. The summed E-state index contributed by atoms with van der Waals surface area (Å²) >= 11 is 0. The molecule has 0 saturated carbocycles. The molecule has 0 spiro atoms. The molecule has 10 nitrogen and oxygen atoms in total. The normalized spacial score (nSPS) is 11.4. The van der Waals surface area contributed by atoms with E-state index in [-0.39, 0.29) is 10.8 Å². The summed E-state index contributed by atoms with van der Waals surface area (Å²) < 4.78 is 31.3. The molecule has 2 aromatic heterocycles. The average Bonchev–Trinajstić information content (AvgIpc) is 3.26. The Balaban J connectivity index is 1.90. The monoisotopic (exact) mass is 389 g/mol. The predicted octanol–water partition coefficient (Wildman–Crippen LogP) is 1.46. The number of rotatable bonds is 6. The SMILES string of the molecule is CCC(=O)Nc1ccc(S(=O)(=O)Nc2c(-n3cnnc3)nn(C)c2C)cc1. The maximum absolute atomic E-state index is 12.8. The Morgan fingerprint density at radius 1 is 1.15 bits per heavy atom. The van der Waals surface area contributed by atoms with Crippen molar-refractivity contribution < 1.29 is 13.2 Å². The number of aromatic nitrogens is 5. The van der Waals surface area contributed by atoms with E-state index in [2.05, 4.69) is 25.3 Å². The highest BCUT2D eigenvalue weighted by Crippen LogP contribution is 2.26. The van der Waals surface area contributed by atoms with Gasteiger partial charge in [0.05, 0.1) is 10.6 Å². The second kappa shape index (κ2) is 7.19. The van der Waals surface area contributed by atoms with Crippen LogP contribution in [-0.2, 0) is 21.9 Å². The van der Waals surface area contributed by atoms with Crippen LogP contribution >= 0.6 is 0 Å². The minimum atomic E-state index is -3.86. The average molecular weight is 389 g/mol. The molecule has 3 aromatic rings. The van der Waals surface area contributed by atoms with Gasteiger partial charge >= 0.3 is 0 Å². The first-order chi connectivity index (χ1) is 12.8. The molecule has 0 aliphatic carbocycles. The summed E-state index contributed by atoms with van der Waals surface area (Å²) in [5.74, 6) is 0.226. The van der Waals surface area contributed by atoms with Gasteiger partial charge in [0.1, 0.15) is 18.3 Å². The van der Waals surface area contributed by atoms with Crippen LogP contribution in [0.3, 0.4) is 0 Å². The molecule has 1 amide bonds. The number of hydrogen-bond acceptors (Lipinski definition) is 6. The van der Waals surface area contributed by atoms with Crippen molar-refractivity contribution in [1.82, 2.24) is 24.5 Å². The van der Waals surface area contributed by atoms with E-state index in [0.29, 0.717) is 29.3 Å². The molecule has 0 saturated heterocycles. The molecule has 1 aromatic carbocycles. The zero-order chi connectivity index (χ0) is 19.6. The highest BCUT2D eigenvalue weighted by atomic mass is 32.2. The molecule has 142 valence electrons. The lowest BCUT2D eigenvalue weighted by Gasteiger charge is -2.10. The van der Waals surface area contributed by atoms with Crippen molar-refractivity contribution in [2.75, 3.05) is 10.0 Å². The molecular weight excluding hydrogens is 370 g/mol. The van der Waals surface area contributed by atoms with Gasteiger partial charge in [0.15, 0.2) is 5.82 Å². The molecule has 0 unspecified atom stereocenters. The molecule has 3 rings (SSSR count). The molecule has 2 heterocycles. The molecule has 0 atom stereocenters. The van der Waals surface area contributed by atoms with Gasteiger partial charge in [0, 0.05) is 19.2 Å². The van der Waals surface area contributed by atoms with Gasteiger partial charge in [-0.1, -0.05) is 6.92 Å². The van der Waals surface area contributed by atoms with E-state index in [1.54, 1.807) is 37.7 Å². The topological polar surface area (TPSA) is 124 Å². The summed E-state index contributed by atoms with van der Waals surface area (Å²) in [6.07, 6.45) is 3.21. The lowest BCUT2D eigenvalue weighted by Crippen LogP contribution is -2.15. The van der Waals surface area contributed by atoms with Crippen molar-refractivity contribution in [3.8, 4) is 5.82 Å². The fourth-order valence-corrected chi connectivity index (χ4v) is 3.48. The third kappa shape index (κ3) is 3.82. The highest BCUT2D eigenvalue weighted by Gasteiger charge is 2.22. The third-order valence-corrected chi connectivity index (χ3v) is 5.35. The van der Waals surface area contributed by atoms with Crippen molar-refractivity contribution in [3.05, 3.63) is 42.6 Å². The minimum Gasteiger partial charge on any atom is -0.326 e. The fraction of sp³-hybridized carbons (Fsp3) is 0.250. The molecule has 2 N–H and O–H groups in total. The number of amides is 1. The fourth-order valence-electron chi connectivity index (χ4n) is 2.36. The van der Waals surface area contributed by atoms with Crippen LogP contribution < -0.4 is 10.0 Å². The Morgan fingerprint density at radius 3 is 2.37 bits per heavy atom. The minimum absolute atomic E-state index is 0.0648. The van der Waals surface area contributed by atoms with Gasteiger partial charge in [0.2, 0.25) is 5.91 Å². The number of nitrogens with zero attached hydrogens (tertiary/aromatic N) is 5. The second-order valence-corrected chi connectivity index (χ2v) is 7.49. The van der Waals surface area contributed by atoms with Crippen LogP contribution in [-0.4, -0.2) is 38.9 Å². The quantitative estimate of drug-likeness (QED) is 0.658. The van der Waals surface area contributed by atoms with Crippen LogP contribution in [0.1, 0.15) is 19.0 Å². The predicted molar refractivity (Wildman–Crippen MR) is 99.0 cm³/mol. The second-order valence-electron chi connectivity index (χ2n) is 5.81. The Hall–Kier alpha value is -3.21. The molecule has 0 bridgehead atoms. The van der Waals surface area contributed by atoms with Crippen molar-refractivity contribution in [3.63, 3.8) is 0 Å². The Morgan fingerprint density at radius 2 is 1.78 bits per heavy atom. The van der Waals surface area contributed by atoms with Crippen LogP contribution in [0.2, 0.25) is 0 Å². The standard InChI is InChI=1S/C16H19N7O3S/c1-4-14(24)19-12-5-7-13(8-6-12)27(25,26)21-15-11(2)22(3)20-16(15)23-9-17-18-10-23/h5-10,21H,4H2,1-3H3,(H,19,24). The lowest BCUT2D eigenvalue weighted by molar-refractivity contribution is -0.115. The van der Waals surface area contributed by atoms with Gasteiger partial charge in [-0.25, -0.2) is 8.42 Å². The van der Waals surface area contributed by atoms with Crippen molar-refractivity contribution >= 4 is 27.3 Å². The van der Waals surface area contributed by atoms with Gasteiger partial charge in [-0.3, -0.25) is 18.8 Å². The molecule has 0 aliphatic rings. The van der Waals surface area contributed by atoms with Crippen LogP contribution in [0, 0.1) is 6.92 Å². The number of anilines is 2. The molecule has 0 radical (unpaired) electrons. The first-order valence-electron chi connectivity index (χ1n) is 8.13. The Labute approximate surface area is 156 Å². The molecular formula is C16H19N7O3S. The zero-order valence-electron chi connectivity index (χ0n) is 15.0. The molecule has 11 heteroatoms. The van der Waals surface area contributed by atoms with Gasteiger partial charge in [-0.15, -0.1) is 10.2 Å². The van der Waals surface area contributed by atoms with E-state index in [1.807, 2.05) is 0 Å². The number of sulfonamides is 1. The van der Waals surface area contributed by atoms with E-state index in [1.165, 1.54) is 29.4 Å². The summed E-state index contributed by atoms with van der Waals surface area (Å²) in [6, 6.07) is 5.94.